The van der Waals surface area contributed by atoms with Crippen molar-refractivity contribution in [2.75, 3.05) is 13.3 Å². The van der Waals surface area contributed by atoms with E-state index in [9.17, 15) is 0 Å². The zero-order valence-corrected chi connectivity index (χ0v) is 10.4. The van der Waals surface area contributed by atoms with Crippen LogP contribution in [0.3, 0.4) is 0 Å². The maximum atomic E-state index is 5.76. The minimum absolute atomic E-state index is 0.327. The number of ether oxygens (including phenoxy) is 2. The number of thioether (sulfide) groups is 1. The summed E-state index contributed by atoms with van der Waals surface area (Å²) in [5.41, 5.74) is 5.76. The van der Waals surface area contributed by atoms with Crippen LogP contribution in [0.4, 0.5) is 0 Å². The summed E-state index contributed by atoms with van der Waals surface area (Å²) in [7, 11) is 0. The molecule has 1 aliphatic heterocycles. The Balaban J connectivity index is 2.10. The molecule has 0 aliphatic carbocycles. The van der Waals surface area contributed by atoms with Crippen LogP contribution < -0.4 is 15.2 Å². The van der Waals surface area contributed by atoms with Crippen molar-refractivity contribution < 1.29 is 9.47 Å². The molecule has 1 heterocycles. The van der Waals surface area contributed by atoms with Gasteiger partial charge in [-0.25, -0.2) is 0 Å². The molecule has 3 nitrogen and oxygen atoms in total. The summed E-state index contributed by atoms with van der Waals surface area (Å²) in [6.45, 7) is 5.40. The van der Waals surface area contributed by atoms with Gasteiger partial charge in [0.25, 0.3) is 0 Å². The predicted octanol–water partition coefficient (Wildman–Crippen LogP) is 2.49. The Hall–Kier alpha value is -0.870. The first-order valence-corrected chi connectivity index (χ1v) is 6.35. The van der Waals surface area contributed by atoms with E-state index < -0.39 is 0 Å². The van der Waals surface area contributed by atoms with Crippen LogP contribution in [0.5, 0.6) is 11.5 Å². The molecule has 0 aromatic heterocycles. The van der Waals surface area contributed by atoms with Crippen molar-refractivity contribution in [1.29, 1.82) is 0 Å². The van der Waals surface area contributed by atoms with Crippen LogP contribution in [0.2, 0.25) is 0 Å². The highest BCUT2D eigenvalue weighted by Gasteiger charge is 2.17. The number of fused-ring (bicyclic) bond motifs is 1. The lowest BCUT2D eigenvalue weighted by molar-refractivity contribution is 0.174. The molecule has 2 rings (SSSR count). The van der Waals surface area contributed by atoms with E-state index >= 15 is 0 Å². The number of nitrogens with two attached hydrogens (primary N) is 1. The van der Waals surface area contributed by atoms with Crippen LogP contribution in [0.25, 0.3) is 0 Å². The fourth-order valence-electron chi connectivity index (χ4n) is 1.58. The van der Waals surface area contributed by atoms with Gasteiger partial charge in [-0.3, -0.25) is 0 Å². The highest BCUT2D eigenvalue weighted by atomic mass is 32.2. The molecule has 2 N–H and O–H groups in total. The first kappa shape index (κ1) is 11.6. The molecule has 16 heavy (non-hydrogen) atoms. The van der Waals surface area contributed by atoms with Gasteiger partial charge >= 0.3 is 0 Å². The first-order valence-electron chi connectivity index (χ1n) is 5.47. The summed E-state index contributed by atoms with van der Waals surface area (Å²) in [4.78, 5) is 1.19. The number of rotatable bonds is 4. The van der Waals surface area contributed by atoms with Gasteiger partial charge in [-0.15, -0.1) is 11.8 Å². The minimum Gasteiger partial charge on any atom is -0.454 e. The number of hydrogen-bond acceptors (Lipinski definition) is 4. The molecular formula is C12H17NO2S. The molecule has 0 saturated heterocycles. The monoisotopic (exact) mass is 239 g/mol. The topological polar surface area (TPSA) is 44.5 Å². The molecule has 0 amide bonds. The smallest absolute Gasteiger partial charge is 0.231 e. The summed E-state index contributed by atoms with van der Waals surface area (Å²) >= 11 is 1.80. The summed E-state index contributed by atoms with van der Waals surface area (Å²) < 4.78 is 10.6. The van der Waals surface area contributed by atoms with Crippen LogP contribution in [0, 0.1) is 5.92 Å². The van der Waals surface area contributed by atoms with E-state index in [2.05, 4.69) is 19.9 Å². The van der Waals surface area contributed by atoms with Gasteiger partial charge in [0.15, 0.2) is 11.5 Å². The van der Waals surface area contributed by atoms with Crippen molar-refractivity contribution in [3.63, 3.8) is 0 Å². The Morgan fingerprint density at radius 1 is 1.31 bits per heavy atom. The molecule has 0 fully saturated rings. The van der Waals surface area contributed by atoms with Crippen molar-refractivity contribution in [2.24, 2.45) is 11.7 Å². The van der Waals surface area contributed by atoms with Gasteiger partial charge in [-0.05, 0) is 24.1 Å². The van der Waals surface area contributed by atoms with Crippen molar-refractivity contribution in [1.82, 2.24) is 0 Å². The second-order valence-corrected chi connectivity index (χ2v) is 5.46. The molecule has 1 aromatic rings. The molecule has 4 heteroatoms. The summed E-state index contributed by atoms with van der Waals surface area (Å²) in [6.07, 6.45) is 0. The average molecular weight is 239 g/mol. The van der Waals surface area contributed by atoms with Gasteiger partial charge in [0, 0.05) is 16.7 Å². The largest absolute Gasteiger partial charge is 0.454 e. The van der Waals surface area contributed by atoms with Gasteiger partial charge in [-0.1, -0.05) is 13.8 Å². The highest BCUT2D eigenvalue weighted by molar-refractivity contribution is 8.00. The lowest BCUT2D eigenvalue weighted by Gasteiger charge is -2.18. The SMILES string of the molecule is CC(C)C(CN)Sc1ccc2c(c1)OCO2. The minimum atomic E-state index is 0.327. The van der Waals surface area contributed by atoms with Crippen LogP contribution >= 0.6 is 11.8 Å². The zero-order valence-electron chi connectivity index (χ0n) is 9.60. The summed E-state index contributed by atoms with van der Waals surface area (Å²) in [5, 5.41) is 0.445. The third kappa shape index (κ3) is 2.44. The molecule has 0 saturated carbocycles. The molecule has 1 unspecified atom stereocenters. The van der Waals surface area contributed by atoms with Crippen molar-refractivity contribution in [3.05, 3.63) is 18.2 Å². The normalized spacial score (nSPS) is 15.5. The Morgan fingerprint density at radius 3 is 2.75 bits per heavy atom. The molecular weight excluding hydrogens is 222 g/mol. The van der Waals surface area contributed by atoms with Crippen LogP contribution in [-0.4, -0.2) is 18.6 Å². The lowest BCUT2D eigenvalue weighted by atomic mass is 10.1. The van der Waals surface area contributed by atoms with E-state index in [1.807, 2.05) is 12.1 Å². The van der Waals surface area contributed by atoms with Crippen LogP contribution in [-0.2, 0) is 0 Å². The molecule has 88 valence electrons. The van der Waals surface area contributed by atoms with Crippen molar-refractivity contribution in [2.45, 2.75) is 24.0 Å². The average Bonchev–Trinajstić information content (AvgIpc) is 2.72. The maximum absolute atomic E-state index is 5.76. The van der Waals surface area contributed by atoms with Gasteiger partial charge in [0.05, 0.1) is 0 Å². The molecule has 1 aliphatic rings. The summed E-state index contributed by atoms with van der Waals surface area (Å²) in [6, 6.07) is 6.04. The first-order chi connectivity index (χ1) is 7.70. The van der Waals surface area contributed by atoms with Gasteiger partial charge in [-0.2, -0.15) is 0 Å². The fraction of sp³-hybridized carbons (Fsp3) is 0.500. The van der Waals surface area contributed by atoms with Crippen molar-refractivity contribution >= 4 is 11.8 Å². The molecule has 0 bridgehead atoms. The Kier molecular flexibility index (Phi) is 3.61. The number of hydrogen-bond donors (Lipinski definition) is 1. The van der Waals surface area contributed by atoms with E-state index in [1.54, 1.807) is 11.8 Å². The standard InChI is InChI=1S/C12H17NO2S/c1-8(2)12(6-13)16-9-3-4-10-11(5-9)15-7-14-10/h3-5,8,12H,6-7,13H2,1-2H3. The quantitative estimate of drug-likeness (QED) is 0.820. The Morgan fingerprint density at radius 2 is 2.06 bits per heavy atom. The molecule has 0 radical (unpaired) electrons. The molecule has 1 aromatic carbocycles. The third-order valence-electron chi connectivity index (χ3n) is 2.61. The Bertz CT molecular complexity index is 368. The van der Waals surface area contributed by atoms with Gasteiger partial charge < -0.3 is 15.2 Å². The Labute approximate surface area is 100 Å². The third-order valence-corrected chi connectivity index (χ3v) is 4.17. The van der Waals surface area contributed by atoms with E-state index in [1.165, 1.54) is 4.90 Å². The second kappa shape index (κ2) is 4.97. The molecule has 1 atom stereocenters. The van der Waals surface area contributed by atoms with Gasteiger partial charge in [0.2, 0.25) is 6.79 Å². The lowest BCUT2D eigenvalue weighted by Crippen LogP contribution is -2.22. The molecule has 0 spiro atoms. The summed E-state index contributed by atoms with van der Waals surface area (Å²) in [5.74, 6) is 2.24. The fourth-order valence-corrected chi connectivity index (χ4v) is 2.62. The van der Waals surface area contributed by atoms with Crippen LogP contribution in [0.15, 0.2) is 23.1 Å². The zero-order chi connectivity index (χ0) is 11.5. The number of benzene rings is 1. The van der Waals surface area contributed by atoms with E-state index in [-0.39, 0.29) is 0 Å². The predicted molar refractivity (Wildman–Crippen MR) is 66.1 cm³/mol. The van der Waals surface area contributed by atoms with Crippen molar-refractivity contribution in [3.8, 4) is 11.5 Å². The van der Waals surface area contributed by atoms with Crippen LogP contribution in [0.1, 0.15) is 13.8 Å². The second-order valence-electron chi connectivity index (χ2n) is 4.15. The van der Waals surface area contributed by atoms with Gasteiger partial charge in [0.1, 0.15) is 0 Å². The van der Waals surface area contributed by atoms with E-state index in [0.29, 0.717) is 24.5 Å². The maximum Gasteiger partial charge on any atom is 0.231 e. The van der Waals surface area contributed by atoms with E-state index in [4.69, 9.17) is 15.2 Å². The van der Waals surface area contributed by atoms with E-state index in [0.717, 1.165) is 11.5 Å². The highest BCUT2D eigenvalue weighted by Crippen LogP contribution is 2.37.